The fraction of sp³-hybridized carbons (Fsp3) is 0.333. The summed E-state index contributed by atoms with van der Waals surface area (Å²) in [6.07, 6.45) is 3.00. The topological polar surface area (TPSA) is 75.4 Å². The van der Waals surface area contributed by atoms with E-state index in [4.69, 9.17) is 5.73 Å². The highest BCUT2D eigenvalue weighted by Gasteiger charge is 2.25. The predicted molar refractivity (Wildman–Crippen MR) is 97.2 cm³/mol. The second kappa shape index (κ2) is 7.23. The van der Waals surface area contributed by atoms with E-state index in [0.29, 0.717) is 24.5 Å². The quantitative estimate of drug-likeness (QED) is 0.817. The van der Waals surface area contributed by atoms with Gasteiger partial charge in [0, 0.05) is 31.0 Å². The molecule has 1 saturated heterocycles. The van der Waals surface area contributed by atoms with Crippen molar-refractivity contribution in [3.05, 3.63) is 54.1 Å². The highest BCUT2D eigenvalue weighted by atomic mass is 32.2. The summed E-state index contributed by atoms with van der Waals surface area (Å²) in [4.78, 5) is 0.363. The van der Waals surface area contributed by atoms with Crippen molar-refractivity contribution in [1.82, 2.24) is 4.31 Å². The lowest BCUT2D eigenvalue weighted by Gasteiger charge is -2.25. The Balaban J connectivity index is 1.65. The molecular weight excluding hydrogens is 322 g/mol. The molecule has 24 heavy (non-hydrogen) atoms. The van der Waals surface area contributed by atoms with Crippen LogP contribution in [0.1, 0.15) is 24.8 Å². The first kappa shape index (κ1) is 16.8. The lowest BCUT2D eigenvalue weighted by Crippen LogP contribution is -2.35. The molecule has 0 amide bonds. The third-order valence-electron chi connectivity index (χ3n) is 4.28. The van der Waals surface area contributed by atoms with Crippen molar-refractivity contribution in [2.24, 2.45) is 0 Å². The van der Waals surface area contributed by atoms with Gasteiger partial charge in [0.25, 0.3) is 0 Å². The van der Waals surface area contributed by atoms with Gasteiger partial charge >= 0.3 is 0 Å². The van der Waals surface area contributed by atoms with Crippen molar-refractivity contribution in [1.29, 1.82) is 0 Å². The van der Waals surface area contributed by atoms with Crippen LogP contribution in [0.4, 0.5) is 11.4 Å². The third kappa shape index (κ3) is 3.88. The van der Waals surface area contributed by atoms with Gasteiger partial charge in [-0.05, 0) is 54.8 Å². The van der Waals surface area contributed by atoms with E-state index in [1.807, 2.05) is 36.4 Å². The fourth-order valence-electron chi connectivity index (χ4n) is 2.84. The molecule has 1 heterocycles. The summed E-state index contributed by atoms with van der Waals surface area (Å²) < 4.78 is 26.8. The summed E-state index contributed by atoms with van der Waals surface area (Å²) >= 11 is 0. The van der Waals surface area contributed by atoms with Crippen molar-refractivity contribution < 1.29 is 8.42 Å². The first-order valence-corrected chi connectivity index (χ1v) is 9.68. The van der Waals surface area contributed by atoms with E-state index in [1.165, 1.54) is 0 Å². The second-order valence-electron chi connectivity index (χ2n) is 6.08. The molecule has 128 valence electrons. The molecule has 0 spiro atoms. The summed E-state index contributed by atoms with van der Waals surface area (Å²) in [7, 11) is -3.36. The number of anilines is 2. The van der Waals surface area contributed by atoms with E-state index in [-0.39, 0.29) is 0 Å². The molecule has 1 fully saturated rings. The number of rotatable bonds is 5. The van der Waals surface area contributed by atoms with Gasteiger partial charge in [-0.1, -0.05) is 18.6 Å². The maximum Gasteiger partial charge on any atom is 0.243 e. The SMILES string of the molecule is Nc1ccc(CNc2ccc(S(=O)(=O)N3CCCCC3)cc2)cc1. The minimum Gasteiger partial charge on any atom is -0.399 e. The largest absolute Gasteiger partial charge is 0.399 e. The van der Waals surface area contributed by atoms with Crippen LogP contribution in [0.5, 0.6) is 0 Å². The van der Waals surface area contributed by atoms with Gasteiger partial charge in [-0.25, -0.2) is 8.42 Å². The van der Waals surface area contributed by atoms with Gasteiger partial charge < -0.3 is 11.1 Å². The number of hydrogen-bond acceptors (Lipinski definition) is 4. The van der Waals surface area contributed by atoms with Crippen molar-refractivity contribution in [2.75, 3.05) is 24.1 Å². The van der Waals surface area contributed by atoms with E-state index < -0.39 is 10.0 Å². The molecule has 0 saturated carbocycles. The molecule has 5 nitrogen and oxygen atoms in total. The highest BCUT2D eigenvalue weighted by molar-refractivity contribution is 7.89. The molecule has 1 aliphatic heterocycles. The number of piperidine rings is 1. The van der Waals surface area contributed by atoms with Crippen LogP contribution in [0.3, 0.4) is 0 Å². The van der Waals surface area contributed by atoms with Crippen molar-refractivity contribution in [3.8, 4) is 0 Å². The Bertz CT molecular complexity index is 765. The highest BCUT2D eigenvalue weighted by Crippen LogP contribution is 2.22. The first-order valence-electron chi connectivity index (χ1n) is 8.24. The monoisotopic (exact) mass is 345 g/mol. The van der Waals surface area contributed by atoms with E-state index >= 15 is 0 Å². The van der Waals surface area contributed by atoms with Crippen molar-refractivity contribution in [3.63, 3.8) is 0 Å². The van der Waals surface area contributed by atoms with Crippen LogP contribution in [-0.2, 0) is 16.6 Å². The molecule has 2 aromatic rings. The summed E-state index contributed by atoms with van der Waals surface area (Å²) in [5.41, 5.74) is 8.43. The number of sulfonamides is 1. The molecule has 6 heteroatoms. The Morgan fingerprint density at radius 1 is 0.917 bits per heavy atom. The molecule has 0 atom stereocenters. The molecule has 0 aliphatic carbocycles. The van der Waals surface area contributed by atoms with Crippen LogP contribution in [0.2, 0.25) is 0 Å². The van der Waals surface area contributed by atoms with E-state index in [9.17, 15) is 8.42 Å². The molecule has 2 aromatic carbocycles. The Labute approximate surface area is 143 Å². The maximum atomic E-state index is 12.6. The number of nitrogens with two attached hydrogens (primary N) is 1. The van der Waals surface area contributed by atoms with E-state index in [2.05, 4.69) is 5.32 Å². The Morgan fingerprint density at radius 3 is 2.17 bits per heavy atom. The lowest BCUT2D eigenvalue weighted by molar-refractivity contribution is 0.346. The van der Waals surface area contributed by atoms with Gasteiger partial charge in [-0.3, -0.25) is 0 Å². The molecule has 3 rings (SSSR count). The van der Waals surface area contributed by atoms with Gasteiger partial charge in [0.1, 0.15) is 0 Å². The fourth-order valence-corrected chi connectivity index (χ4v) is 4.36. The van der Waals surface area contributed by atoms with Gasteiger partial charge in [0.05, 0.1) is 4.90 Å². The minimum absolute atomic E-state index is 0.363. The third-order valence-corrected chi connectivity index (χ3v) is 6.20. The van der Waals surface area contributed by atoms with Crippen LogP contribution >= 0.6 is 0 Å². The number of nitrogens with one attached hydrogen (secondary N) is 1. The van der Waals surface area contributed by atoms with Crippen LogP contribution < -0.4 is 11.1 Å². The van der Waals surface area contributed by atoms with Gasteiger partial charge in [0.2, 0.25) is 10.0 Å². The summed E-state index contributed by atoms with van der Waals surface area (Å²) in [5, 5.41) is 3.29. The Kier molecular flexibility index (Phi) is 5.06. The molecule has 1 aliphatic rings. The average Bonchev–Trinajstić information content (AvgIpc) is 2.62. The number of hydrogen-bond donors (Lipinski definition) is 2. The minimum atomic E-state index is -3.36. The zero-order valence-electron chi connectivity index (χ0n) is 13.6. The van der Waals surface area contributed by atoms with Crippen LogP contribution in [0.15, 0.2) is 53.4 Å². The standard InChI is InChI=1S/C18H23N3O2S/c19-16-6-4-15(5-7-16)14-20-17-8-10-18(11-9-17)24(22,23)21-12-2-1-3-13-21/h4-11,20H,1-3,12-14,19H2. The molecule has 0 radical (unpaired) electrons. The summed E-state index contributed by atoms with van der Waals surface area (Å²) in [5.74, 6) is 0. The smallest absolute Gasteiger partial charge is 0.243 e. The maximum absolute atomic E-state index is 12.6. The van der Waals surface area contributed by atoms with E-state index in [0.717, 1.165) is 36.2 Å². The van der Waals surface area contributed by atoms with Crippen LogP contribution in [0.25, 0.3) is 0 Å². The molecule has 3 N–H and O–H groups in total. The molecule has 0 unspecified atom stereocenters. The Hall–Kier alpha value is -2.05. The average molecular weight is 345 g/mol. The van der Waals surface area contributed by atoms with Crippen LogP contribution in [-0.4, -0.2) is 25.8 Å². The lowest BCUT2D eigenvalue weighted by atomic mass is 10.2. The molecule has 0 bridgehead atoms. The number of benzene rings is 2. The predicted octanol–water partition coefficient (Wildman–Crippen LogP) is 3.06. The summed E-state index contributed by atoms with van der Waals surface area (Å²) in [6.45, 7) is 1.91. The van der Waals surface area contributed by atoms with Crippen molar-refractivity contribution in [2.45, 2.75) is 30.7 Å². The zero-order chi connectivity index (χ0) is 17.0. The number of nitrogen functional groups attached to an aromatic ring is 1. The van der Waals surface area contributed by atoms with Gasteiger partial charge in [-0.2, -0.15) is 4.31 Å². The van der Waals surface area contributed by atoms with Gasteiger partial charge in [-0.15, -0.1) is 0 Å². The zero-order valence-corrected chi connectivity index (χ0v) is 14.4. The van der Waals surface area contributed by atoms with Crippen LogP contribution in [0, 0.1) is 0 Å². The number of nitrogens with zero attached hydrogens (tertiary/aromatic N) is 1. The van der Waals surface area contributed by atoms with Crippen molar-refractivity contribution >= 4 is 21.4 Å². The summed E-state index contributed by atoms with van der Waals surface area (Å²) in [6, 6.07) is 14.7. The normalized spacial score (nSPS) is 16.0. The second-order valence-corrected chi connectivity index (χ2v) is 8.02. The molecular formula is C18H23N3O2S. The van der Waals surface area contributed by atoms with Gasteiger partial charge in [0.15, 0.2) is 0 Å². The Morgan fingerprint density at radius 2 is 1.54 bits per heavy atom. The first-order chi connectivity index (χ1) is 11.6. The molecule has 0 aromatic heterocycles. The van der Waals surface area contributed by atoms with E-state index in [1.54, 1.807) is 16.4 Å².